The molecule has 2 aliphatic rings. The number of benzene rings is 6. The molecule has 0 aliphatic heterocycles. The first-order valence-corrected chi connectivity index (χ1v) is 31.0. The Balaban J connectivity index is 0.00000232. The van der Waals surface area contributed by atoms with E-state index in [2.05, 4.69) is 198 Å². The van der Waals surface area contributed by atoms with Crippen LogP contribution in [0, 0.1) is 0 Å². The number of hydrogen-bond acceptors (Lipinski definition) is 0. The molecule has 0 atom stereocenters. The Morgan fingerprint density at radius 1 is 0.327 bits per heavy atom. The SMILES string of the molecule is Cl.Cl.[CH3][Zr]([CH3])(=[SiH2])([C]1=C(c2ccccc2)C(c2ccccc2)=C(c2ccccc2)C1)[C]1=C(c2ccccc2)C(c2ccccc2)=C(c2ccccc2)C1. The van der Waals surface area contributed by atoms with Crippen LogP contribution in [0.2, 0.25) is 9.26 Å². The van der Waals surface area contributed by atoms with Gasteiger partial charge in [-0.15, -0.1) is 24.8 Å². The van der Waals surface area contributed by atoms with Crippen molar-refractivity contribution in [1.82, 2.24) is 0 Å². The van der Waals surface area contributed by atoms with Crippen molar-refractivity contribution in [3.05, 3.63) is 222 Å². The number of halogens is 2. The molecule has 0 fully saturated rings. The number of hydrogen-bond donors (Lipinski definition) is 0. The summed E-state index contributed by atoms with van der Waals surface area (Å²) in [4.78, 5) is 0. The molecule has 4 heteroatoms. The molecule has 0 bridgehead atoms. The predicted molar refractivity (Wildman–Crippen MR) is 230 cm³/mol. The summed E-state index contributed by atoms with van der Waals surface area (Å²) in [5, 5.41) is 0. The van der Waals surface area contributed by atoms with E-state index >= 15 is 0 Å². The predicted octanol–water partition coefficient (Wildman–Crippen LogP) is 13.0. The van der Waals surface area contributed by atoms with Crippen LogP contribution in [0.3, 0.4) is 0 Å². The Morgan fingerprint density at radius 2 is 0.538 bits per heavy atom. The average Bonchev–Trinajstić information content (AvgIpc) is 3.80. The standard InChI is InChI=1S/2C23H17.2CH3.2ClH.H2Si.Zr/c2*1-4-10-18(11-5-1)21-16-17-22(19-12-6-2-7-13-19)23(21)20-14-8-3-9-15-20;;;;;;/h2*1-15H,16H2;2*1H3;2*1H;1H2;. The molecule has 6 aromatic rings. The van der Waals surface area contributed by atoms with Gasteiger partial charge in [0, 0.05) is 0 Å². The molecule has 0 unspecified atom stereocenters. The van der Waals surface area contributed by atoms with E-state index in [0.29, 0.717) is 0 Å². The van der Waals surface area contributed by atoms with Crippen LogP contribution in [0.1, 0.15) is 46.2 Å². The summed E-state index contributed by atoms with van der Waals surface area (Å²) in [6.45, 7) is 2.40. The summed E-state index contributed by atoms with van der Waals surface area (Å²) in [7, 11) is 0. The Hall–Kier alpha value is -4.04. The molecule has 8 rings (SSSR count). The van der Waals surface area contributed by atoms with E-state index in [0.717, 1.165) is 12.8 Å². The first kappa shape index (κ1) is 37.7. The van der Waals surface area contributed by atoms with E-state index in [1.165, 1.54) is 66.8 Å². The first-order valence-electron chi connectivity index (χ1n) is 17.7. The first-order chi connectivity index (χ1) is 24.4. The fraction of sp³-hybridized carbons (Fsp3) is 0.0833. The molecule has 0 saturated heterocycles. The zero-order valence-corrected chi connectivity index (χ0v) is 35.3. The van der Waals surface area contributed by atoms with Gasteiger partial charge in [-0.2, -0.15) is 0 Å². The molecule has 0 aromatic heterocycles. The third kappa shape index (κ3) is 6.91. The van der Waals surface area contributed by atoms with Crippen molar-refractivity contribution in [2.24, 2.45) is 0 Å². The Bertz CT molecular complexity index is 2220. The van der Waals surface area contributed by atoms with Gasteiger partial charge >= 0.3 is 302 Å². The Labute approximate surface area is 324 Å². The molecule has 0 spiro atoms. The molecule has 0 N–H and O–H groups in total. The summed E-state index contributed by atoms with van der Waals surface area (Å²) < 4.78 is 8.81. The monoisotopic (exact) mass is 808 g/mol. The second-order valence-electron chi connectivity index (χ2n) is 14.6. The Kier molecular flexibility index (Phi) is 11.3. The fourth-order valence-corrected chi connectivity index (χ4v) is 21.7. The van der Waals surface area contributed by atoms with E-state index in [1.54, 1.807) is 6.56 Å². The quantitative estimate of drug-likeness (QED) is 0.134. The normalized spacial score (nSPS) is 14.8. The van der Waals surface area contributed by atoms with Gasteiger partial charge < -0.3 is 0 Å². The zero-order chi connectivity index (χ0) is 34.2. The van der Waals surface area contributed by atoms with Gasteiger partial charge in [-0.1, -0.05) is 0 Å². The van der Waals surface area contributed by atoms with Crippen LogP contribution in [-0.4, -0.2) is 6.88 Å². The molecule has 2 aliphatic carbocycles. The van der Waals surface area contributed by atoms with Crippen LogP contribution >= 0.6 is 24.8 Å². The van der Waals surface area contributed by atoms with Crippen LogP contribution in [0.15, 0.2) is 189 Å². The van der Waals surface area contributed by atoms with Crippen molar-refractivity contribution in [2.45, 2.75) is 22.1 Å². The minimum absolute atomic E-state index is 0. The van der Waals surface area contributed by atoms with Crippen molar-refractivity contribution >= 4 is 65.1 Å². The van der Waals surface area contributed by atoms with Gasteiger partial charge in [-0.25, -0.2) is 0 Å². The number of allylic oxidation sites excluding steroid dienone is 8. The van der Waals surface area contributed by atoms with Crippen LogP contribution in [0.5, 0.6) is 0 Å². The summed E-state index contributed by atoms with van der Waals surface area (Å²) >= 11 is -4.11. The maximum atomic E-state index is 2.73. The van der Waals surface area contributed by atoms with Crippen molar-refractivity contribution in [2.75, 3.05) is 0 Å². The number of rotatable bonds is 8. The van der Waals surface area contributed by atoms with E-state index in [4.69, 9.17) is 0 Å². The van der Waals surface area contributed by atoms with E-state index in [-0.39, 0.29) is 24.8 Å². The van der Waals surface area contributed by atoms with Crippen molar-refractivity contribution in [3.63, 3.8) is 0 Å². The zero-order valence-electron chi connectivity index (χ0n) is 29.8. The van der Waals surface area contributed by atoms with Gasteiger partial charge in [0.1, 0.15) is 0 Å². The third-order valence-corrected chi connectivity index (χ3v) is 27.5. The van der Waals surface area contributed by atoms with Crippen molar-refractivity contribution in [3.8, 4) is 0 Å². The maximum absolute atomic E-state index is 4.11. The topological polar surface area (TPSA) is 0 Å². The summed E-state index contributed by atoms with van der Waals surface area (Å²) in [6.07, 6.45) is 1.93. The van der Waals surface area contributed by atoms with Crippen LogP contribution in [0.4, 0.5) is 0 Å². The second kappa shape index (κ2) is 15.5. The van der Waals surface area contributed by atoms with E-state index in [1.807, 2.05) is 0 Å². The van der Waals surface area contributed by atoms with Gasteiger partial charge in [-0.3, -0.25) is 0 Å². The van der Waals surface area contributed by atoms with Crippen molar-refractivity contribution in [1.29, 1.82) is 0 Å². The van der Waals surface area contributed by atoms with Gasteiger partial charge in [0.25, 0.3) is 0 Å². The Morgan fingerprint density at radius 3 is 0.788 bits per heavy atom. The molecule has 6 aromatic carbocycles. The molecule has 258 valence electrons. The summed E-state index contributed by atoms with van der Waals surface area (Å²) in [5.74, 6) is 0. The molecular formula is C48H44Cl2SiZr. The van der Waals surface area contributed by atoms with Gasteiger partial charge in [-0.05, 0) is 0 Å². The summed E-state index contributed by atoms with van der Waals surface area (Å²) in [5.41, 5.74) is 16.5. The van der Waals surface area contributed by atoms with Gasteiger partial charge in [0.2, 0.25) is 0 Å². The van der Waals surface area contributed by atoms with Crippen LogP contribution in [0.25, 0.3) is 33.4 Å². The minimum atomic E-state index is -4.11. The average molecular weight is 811 g/mol. The van der Waals surface area contributed by atoms with Crippen molar-refractivity contribution < 1.29 is 17.4 Å². The van der Waals surface area contributed by atoms with E-state index < -0.39 is 17.4 Å². The van der Waals surface area contributed by atoms with Crippen LogP contribution < -0.4 is 0 Å². The van der Waals surface area contributed by atoms with E-state index in [9.17, 15) is 0 Å². The fourth-order valence-electron chi connectivity index (χ4n) is 8.33. The third-order valence-electron chi connectivity index (χ3n) is 10.8. The molecule has 0 saturated carbocycles. The molecule has 0 radical (unpaired) electrons. The van der Waals surface area contributed by atoms with Gasteiger partial charge in [0.05, 0.1) is 0 Å². The molecular weight excluding hydrogens is 767 g/mol. The molecule has 0 nitrogen and oxygen atoms in total. The van der Waals surface area contributed by atoms with Crippen LogP contribution in [-0.2, 0) is 17.4 Å². The molecule has 0 amide bonds. The second-order valence-corrected chi connectivity index (χ2v) is 43.4. The molecule has 0 heterocycles. The van der Waals surface area contributed by atoms with Gasteiger partial charge in [0.15, 0.2) is 0 Å². The summed E-state index contributed by atoms with van der Waals surface area (Å²) in [6, 6.07) is 67.1. The molecule has 52 heavy (non-hydrogen) atoms.